The minimum Gasteiger partial charge on any atom is -0.271 e. The quantitative estimate of drug-likeness (QED) is 0.663. The fourth-order valence-electron chi connectivity index (χ4n) is 1.55. The van der Waals surface area contributed by atoms with E-state index in [1.807, 2.05) is 12.1 Å². The molecule has 0 fully saturated rings. The second-order valence-electron chi connectivity index (χ2n) is 3.45. The molecule has 0 aliphatic carbocycles. The first-order chi connectivity index (χ1) is 8.22. The number of hydrogen-bond donors (Lipinski definition) is 2. The molecule has 3 N–H and O–H groups in total. The van der Waals surface area contributed by atoms with Crippen LogP contribution in [0.15, 0.2) is 36.7 Å². The van der Waals surface area contributed by atoms with Gasteiger partial charge in [0.15, 0.2) is 0 Å². The van der Waals surface area contributed by atoms with Crippen molar-refractivity contribution in [1.29, 1.82) is 0 Å². The van der Waals surface area contributed by atoms with Crippen molar-refractivity contribution in [3.05, 3.63) is 57.8 Å². The molecule has 2 rings (SSSR count). The van der Waals surface area contributed by atoms with E-state index in [9.17, 15) is 0 Å². The highest BCUT2D eigenvalue weighted by molar-refractivity contribution is 6.42. The van der Waals surface area contributed by atoms with Gasteiger partial charge in [-0.3, -0.25) is 5.84 Å². The standard InChI is InChI=1S/C11H10Cl2N4/c12-9-2-1-7(5-10(9)13)11(17-14)8-3-4-15-16-6-8/h1-6,11,17H,14H2. The molecule has 0 radical (unpaired) electrons. The van der Waals surface area contributed by atoms with Crippen molar-refractivity contribution < 1.29 is 0 Å². The number of nitrogens with zero attached hydrogens (tertiary/aromatic N) is 2. The molecule has 6 heteroatoms. The van der Waals surface area contributed by atoms with Crippen molar-refractivity contribution >= 4 is 23.2 Å². The molecule has 1 aromatic heterocycles. The third-order valence-corrected chi connectivity index (χ3v) is 3.12. The zero-order valence-electron chi connectivity index (χ0n) is 8.77. The summed E-state index contributed by atoms with van der Waals surface area (Å²) in [6, 6.07) is 7.01. The molecule has 0 saturated heterocycles. The van der Waals surface area contributed by atoms with Crippen LogP contribution < -0.4 is 11.3 Å². The van der Waals surface area contributed by atoms with Crippen molar-refractivity contribution in [3.8, 4) is 0 Å². The Bertz CT molecular complexity index is 504. The van der Waals surface area contributed by atoms with Gasteiger partial charge in [-0.15, -0.1) is 0 Å². The molecule has 4 nitrogen and oxygen atoms in total. The van der Waals surface area contributed by atoms with E-state index in [0.717, 1.165) is 11.1 Å². The number of hydrogen-bond acceptors (Lipinski definition) is 4. The Hall–Kier alpha value is -1.20. The maximum absolute atomic E-state index is 5.97. The molecule has 0 aliphatic rings. The van der Waals surface area contributed by atoms with Gasteiger partial charge in [-0.25, -0.2) is 5.43 Å². The first kappa shape index (κ1) is 12.3. The minimum atomic E-state index is -0.194. The molecular formula is C11H10Cl2N4. The van der Waals surface area contributed by atoms with E-state index in [1.165, 1.54) is 0 Å². The predicted octanol–water partition coefficient (Wildman–Crippen LogP) is 2.34. The number of rotatable bonds is 3. The highest BCUT2D eigenvalue weighted by Crippen LogP contribution is 2.27. The van der Waals surface area contributed by atoms with Crippen LogP contribution in [-0.4, -0.2) is 10.2 Å². The first-order valence-corrected chi connectivity index (χ1v) is 5.65. The molecule has 0 bridgehead atoms. The molecular weight excluding hydrogens is 259 g/mol. The van der Waals surface area contributed by atoms with Gasteiger partial charge in [0.05, 0.1) is 22.3 Å². The smallest absolute Gasteiger partial charge is 0.0726 e. The van der Waals surface area contributed by atoms with Crippen molar-refractivity contribution in [1.82, 2.24) is 15.6 Å². The van der Waals surface area contributed by atoms with E-state index in [1.54, 1.807) is 24.5 Å². The number of nitrogens with one attached hydrogen (secondary N) is 1. The van der Waals surface area contributed by atoms with Crippen LogP contribution in [0.4, 0.5) is 0 Å². The summed E-state index contributed by atoms with van der Waals surface area (Å²) in [5.41, 5.74) is 4.53. The van der Waals surface area contributed by atoms with Crippen molar-refractivity contribution in [2.75, 3.05) is 0 Å². The van der Waals surface area contributed by atoms with Crippen LogP contribution in [0, 0.1) is 0 Å². The maximum Gasteiger partial charge on any atom is 0.0726 e. The summed E-state index contributed by atoms with van der Waals surface area (Å²) in [5, 5.41) is 8.54. The fourth-order valence-corrected chi connectivity index (χ4v) is 1.86. The van der Waals surface area contributed by atoms with E-state index in [0.29, 0.717) is 10.0 Å². The minimum absolute atomic E-state index is 0.194. The first-order valence-electron chi connectivity index (χ1n) is 4.90. The SMILES string of the molecule is NNC(c1ccnnc1)c1ccc(Cl)c(Cl)c1. The van der Waals surface area contributed by atoms with E-state index in [-0.39, 0.29) is 6.04 Å². The van der Waals surface area contributed by atoms with E-state index < -0.39 is 0 Å². The van der Waals surface area contributed by atoms with Crippen molar-refractivity contribution in [2.45, 2.75) is 6.04 Å². The third-order valence-electron chi connectivity index (χ3n) is 2.38. The lowest BCUT2D eigenvalue weighted by atomic mass is 10.0. The van der Waals surface area contributed by atoms with Crippen LogP contribution in [0.2, 0.25) is 10.0 Å². The van der Waals surface area contributed by atoms with Gasteiger partial charge in [-0.1, -0.05) is 29.3 Å². The molecule has 0 spiro atoms. The normalized spacial score (nSPS) is 12.4. The summed E-state index contributed by atoms with van der Waals surface area (Å²) in [7, 11) is 0. The number of nitrogens with two attached hydrogens (primary N) is 1. The Labute approximate surface area is 109 Å². The Morgan fingerprint density at radius 2 is 1.88 bits per heavy atom. The summed E-state index contributed by atoms with van der Waals surface area (Å²) in [5.74, 6) is 5.55. The maximum atomic E-state index is 5.97. The van der Waals surface area contributed by atoms with Gasteiger partial charge in [0.25, 0.3) is 0 Å². The van der Waals surface area contributed by atoms with Crippen molar-refractivity contribution in [2.24, 2.45) is 5.84 Å². The number of hydrazine groups is 1. The number of benzene rings is 1. The van der Waals surface area contributed by atoms with Crippen LogP contribution in [0.5, 0.6) is 0 Å². The van der Waals surface area contributed by atoms with Gasteiger partial charge in [-0.05, 0) is 29.3 Å². The molecule has 0 aliphatic heterocycles. The van der Waals surface area contributed by atoms with Crippen LogP contribution >= 0.6 is 23.2 Å². The summed E-state index contributed by atoms with van der Waals surface area (Å²) in [4.78, 5) is 0. The zero-order chi connectivity index (χ0) is 12.3. The summed E-state index contributed by atoms with van der Waals surface area (Å²) < 4.78 is 0. The fraction of sp³-hybridized carbons (Fsp3) is 0.0909. The van der Waals surface area contributed by atoms with Crippen LogP contribution in [0.3, 0.4) is 0 Å². The van der Waals surface area contributed by atoms with Gasteiger partial charge in [0.2, 0.25) is 0 Å². The molecule has 17 heavy (non-hydrogen) atoms. The van der Waals surface area contributed by atoms with E-state index in [2.05, 4.69) is 15.6 Å². The van der Waals surface area contributed by atoms with Crippen LogP contribution in [0.25, 0.3) is 0 Å². The molecule has 1 aromatic carbocycles. The Balaban J connectivity index is 2.39. The molecule has 1 atom stereocenters. The summed E-state index contributed by atoms with van der Waals surface area (Å²) >= 11 is 11.8. The highest BCUT2D eigenvalue weighted by Gasteiger charge is 2.13. The lowest BCUT2D eigenvalue weighted by Crippen LogP contribution is -2.28. The number of aromatic nitrogens is 2. The van der Waals surface area contributed by atoms with Crippen LogP contribution in [0.1, 0.15) is 17.2 Å². The summed E-state index contributed by atoms with van der Waals surface area (Å²) in [6.45, 7) is 0. The Kier molecular flexibility index (Phi) is 3.91. The van der Waals surface area contributed by atoms with Gasteiger partial charge in [-0.2, -0.15) is 10.2 Å². The van der Waals surface area contributed by atoms with Crippen LogP contribution in [-0.2, 0) is 0 Å². The number of halogens is 2. The largest absolute Gasteiger partial charge is 0.271 e. The van der Waals surface area contributed by atoms with Gasteiger partial charge in [0.1, 0.15) is 0 Å². The molecule has 1 heterocycles. The lowest BCUT2D eigenvalue weighted by Gasteiger charge is -2.16. The molecule has 88 valence electrons. The van der Waals surface area contributed by atoms with E-state index in [4.69, 9.17) is 29.0 Å². The molecule has 1 unspecified atom stereocenters. The highest BCUT2D eigenvalue weighted by atomic mass is 35.5. The van der Waals surface area contributed by atoms with Gasteiger partial charge >= 0.3 is 0 Å². The predicted molar refractivity (Wildman–Crippen MR) is 67.7 cm³/mol. The molecule has 0 amide bonds. The second kappa shape index (κ2) is 5.42. The molecule has 2 aromatic rings. The topological polar surface area (TPSA) is 63.8 Å². The molecule has 0 saturated carbocycles. The van der Waals surface area contributed by atoms with Crippen molar-refractivity contribution in [3.63, 3.8) is 0 Å². The second-order valence-corrected chi connectivity index (χ2v) is 4.26. The van der Waals surface area contributed by atoms with E-state index >= 15 is 0 Å². The average molecular weight is 269 g/mol. The Morgan fingerprint density at radius 1 is 1.06 bits per heavy atom. The summed E-state index contributed by atoms with van der Waals surface area (Å²) in [6.07, 6.45) is 3.25. The average Bonchev–Trinajstić information content (AvgIpc) is 2.36. The van der Waals surface area contributed by atoms with Gasteiger partial charge < -0.3 is 0 Å². The lowest BCUT2D eigenvalue weighted by molar-refractivity contribution is 0.632. The zero-order valence-corrected chi connectivity index (χ0v) is 10.3. The van der Waals surface area contributed by atoms with Gasteiger partial charge in [0, 0.05) is 6.20 Å². The monoisotopic (exact) mass is 268 g/mol. The third kappa shape index (κ3) is 2.73. The Morgan fingerprint density at radius 3 is 2.47 bits per heavy atom.